The van der Waals surface area contributed by atoms with Gasteiger partial charge in [0.05, 0.1) is 11.7 Å². The highest BCUT2D eigenvalue weighted by atomic mass is 32.1. The molecule has 0 atom stereocenters. The predicted molar refractivity (Wildman–Crippen MR) is 131 cm³/mol. The molecule has 33 heavy (non-hydrogen) atoms. The summed E-state index contributed by atoms with van der Waals surface area (Å²) in [7, 11) is 0. The molecule has 0 unspecified atom stereocenters. The normalized spacial score (nSPS) is 13.2. The second kappa shape index (κ2) is 8.55. The van der Waals surface area contributed by atoms with Gasteiger partial charge in [-0.25, -0.2) is 9.97 Å². The number of rotatable bonds is 5. The van der Waals surface area contributed by atoms with E-state index in [1.54, 1.807) is 36.1 Å². The molecule has 0 spiro atoms. The number of hydrogen-bond donors (Lipinski definition) is 1. The van der Waals surface area contributed by atoms with Crippen molar-refractivity contribution in [2.24, 2.45) is 0 Å². The average molecular weight is 452 g/mol. The largest absolute Gasteiger partial charge is 0.365 e. The number of benzene rings is 1. The summed E-state index contributed by atoms with van der Waals surface area (Å²) in [6.45, 7) is 2.28. The van der Waals surface area contributed by atoms with Gasteiger partial charge >= 0.3 is 0 Å². The van der Waals surface area contributed by atoms with Crippen LogP contribution in [-0.4, -0.2) is 31.5 Å². The summed E-state index contributed by atoms with van der Waals surface area (Å²) < 4.78 is 0. The first kappa shape index (κ1) is 19.8. The summed E-state index contributed by atoms with van der Waals surface area (Å²) in [4.78, 5) is 25.0. The molecule has 1 aliphatic heterocycles. The van der Waals surface area contributed by atoms with Crippen molar-refractivity contribution >= 4 is 34.0 Å². The molecule has 0 bridgehead atoms. The minimum Gasteiger partial charge on any atom is -0.365 e. The molecule has 1 aromatic carbocycles. The van der Waals surface area contributed by atoms with Crippen molar-refractivity contribution in [2.45, 2.75) is 19.5 Å². The molecule has 0 aliphatic carbocycles. The van der Waals surface area contributed by atoms with Crippen LogP contribution in [0.3, 0.4) is 0 Å². The van der Waals surface area contributed by atoms with Gasteiger partial charge in [0.2, 0.25) is 5.95 Å². The van der Waals surface area contributed by atoms with Gasteiger partial charge in [-0.1, -0.05) is 18.2 Å². The number of fused-ring (bicyclic) bond motifs is 2. The number of hydrogen-bond acceptors (Lipinski definition) is 8. The van der Waals surface area contributed by atoms with Crippen LogP contribution in [0.2, 0.25) is 0 Å². The van der Waals surface area contributed by atoms with E-state index >= 15 is 0 Å². The van der Waals surface area contributed by atoms with Gasteiger partial charge in [0.25, 0.3) is 0 Å². The first-order chi connectivity index (χ1) is 16.3. The van der Waals surface area contributed by atoms with Gasteiger partial charge in [0.15, 0.2) is 0 Å². The third-order valence-electron chi connectivity index (χ3n) is 5.92. The third-order valence-corrected chi connectivity index (χ3v) is 6.72. The molecule has 0 amide bonds. The van der Waals surface area contributed by atoms with Gasteiger partial charge in [-0.05, 0) is 41.3 Å². The van der Waals surface area contributed by atoms with Crippen LogP contribution in [0.5, 0.6) is 0 Å². The Morgan fingerprint density at radius 2 is 1.88 bits per heavy atom. The first-order valence-corrected chi connectivity index (χ1v) is 11.7. The first-order valence-electron chi connectivity index (χ1n) is 10.9. The van der Waals surface area contributed by atoms with Gasteiger partial charge in [-0.2, -0.15) is 4.98 Å². The zero-order valence-corrected chi connectivity index (χ0v) is 18.7. The number of pyridine rings is 2. The molecular formula is C25H21N7S. The zero-order chi connectivity index (χ0) is 22.0. The molecule has 8 heteroatoms. The maximum Gasteiger partial charge on any atom is 0.228 e. The summed E-state index contributed by atoms with van der Waals surface area (Å²) in [5.41, 5.74) is 5.86. The van der Waals surface area contributed by atoms with Crippen LogP contribution < -0.4 is 10.2 Å². The molecule has 0 radical (unpaired) electrons. The van der Waals surface area contributed by atoms with Crippen molar-refractivity contribution in [1.29, 1.82) is 0 Å². The van der Waals surface area contributed by atoms with Gasteiger partial charge in [-0.15, -0.1) is 11.3 Å². The van der Waals surface area contributed by atoms with Crippen LogP contribution in [0.4, 0.5) is 11.8 Å². The smallest absolute Gasteiger partial charge is 0.228 e. The maximum absolute atomic E-state index is 4.95. The van der Waals surface area contributed by atoms with Crippen molar-refractivity contribution in [3.8, 4) is 10.6 Å². The van der Waals surface area contributed by atoms with Gasteiger partial charge < -0.3 is 10.2 Å². The molecule has 1 aliphatic rings. The molecule has 0 saturated heterocycles. The maximum atomic E-state index is 4.95. The van der Waals surface area contributed by atoms with E-state index in [4.69, 9.17) is 9.97 Å². The van der Waals surface area contributed by atoms with Crippen LogP contribution in [0.25, 0.3) is 21.5 Å². The fourth-order valence-electron chi connectivity index (χ4n) is 4.24. The van der Waals surface area contributed by atoms with E-state index in [9.17, 15) is 0 Å². The lowest BCUT2D eigenvalue weighted by atomic mass is 9.95. The van der Waals surface area contributed by atoms with Crippen molar-refractivity contribution in [1.82, 2.24) is 24.9 Å². The van der Waals surface area contributed by atoms with Crippen LogP contribution in [-0.2, 0) is 19.5 Å². The van der Waals surface area contributed by atoms with E-state index in [1.165, 1.54) is 16.7 Å². The fourth-order valence-corrected chi connectivity index (χ4v) is 4.93. The molecule has 0 saturated carbocycles. The summed E-state index contributed by atoms with van der Waals surface area (Å²) >= 11 is 1.67. The summed E-state index contributed by atoms with van der Waals surface area (Å²) in [5, 5.41) is 7.53. The van der Waals surface area contributed by atoms with Crippen molar-refractivity contribution in [3.63, 3.8) is 0 Å². The number of nitrogens with zero attached hydrogens (tertiary/aromatic N) is 6. The van der Waals surface area contributed by atoms with E-state index < -0.39 is 0 Å². The highest BCUT2D eigenvalue weighted by molar-refractivity contribution is 7.13. The number of aromatic nitrogens is 5. The van der Waals surface area contributed by atoms with E-state index in [0.717, 1.165) is 46.8 Å². The lowest BCUT2D eigenvalue weighted by Crippen LogP contribution is -2.32. The molecule has 5 heterocycles. The average Bonchev–Trinajstić information content (AvgIpc) is 3.42. The molecule has 5 aromatic rings. The topological polar surface area (TPSA) is 79.7 Å². The Morgan fingerprint density at radius 1 is 0.970 bits per heavy atom. The minimum atomic E-state index is 0.660. The second-order valence-electron chi connectivity index (χ2n) is 7.93. The fraction of sp³-hybridized carbons (Fsp3) is 0.160. The number of thiazole rings is 1. The quantitative estimate of drug-likeness (QED) is 0.414. The van der Waals surface area contributed by atoms with E-state index in [2.05, 4.69) is 43.4 Å². The Morgan fingerprint density at radius 3 is 2.76 bits per heavy atom. The zero-order valence-electron chi connectivity index (χ0n) is 17.8. The Bertz CT molecular complexity index is 1400. The van der Waals surface area contributed by atoms with Crippen molar-refractivity contribution in [3.05, 3.63) is 89.5 Å². The summed E-state index contributed by atoms with van der Waals surface area (Å²) in [6.07, 6.45) is 9.99. The minimum absolute atomic E-state index is 0.660. The monoisotopic (exact) mass is 451 g/mol. The Labute approximate surface area is 195 Å². The third kappa shape index (κ3) is 3.89. The highest BCUT2D eigenvalue weighted by Crippen LogP contribution is 2.33. The molecule has 162 valence electrons. The molecule has 6 rings (SSSR count). The highest BCUT2D eigenvalue weighted by Gasteiger charge is 2.23. The van der Waals surface area contributed by atoms with E-state index in [0.29, 0.717) is 12.5 Å². The van der Waals surface area contributed by atoms with Gasteiger partial charge in [-0.3, -0.25) is 9.97 Å². The molecule has 1 N–H and O–H groups in total. The van der Waals surface area contributed by atoms with Crippen LogP contribution in [0.15, 0.2) is 72.8 Å². The predicted octanol–water partition coefficient (Wildman–Crippen LogP) is 4.72. The summed E-state index contributed by atoms with van der Waals surface area (Å²) in [6, 6.07) is 12.5. The Hall–Kier alpha value is -3.91. The van der Waals surface area contributed by atoms with E-state index in [-0.39, 0.29) is 0 Å². The number of nitrogens with one attached hydrogen (secondary N) is 1. The Balaban J connectivity index is 1.36. The second-order valence-corrected chi connectivity index (χ2v) is 8.82. The molecular weight excluding hydrogens is 430 g/mol. The summed E-state index contributed by atoms with van der Waals surface area (Å²) in [5.74, 6) is 1.53. The SMILES string of the molecule is c1cc2c(c(-c3nccs3)c1)CN(c1nc(NCc3ccncc3)c3ccncc3n1)CC2. The van der Waals surface area contributed by atoms with Crippen LogP contribution in [0, 0.1) is 0 Å². The molecule has 7 nitrogen and oxygen atoms in total. The van der Waals surface area contributed by atoms with E-state index in [1.807, 2.05) is 29.8 Å². The van der Waals surface area contributed by atoms with Crippen LogP contribution >= 0.6 is 11.3 Å². The molecule has 4 aromatic heterocycles. The lowest BCUT2D eigenvalue weighted by molar-refractivity contribution is 0.711. The number of anilines is 2. The van der Waals surface area contributed by atoms with Crippen LogP contribution in [0.1, 0.15) is 16.7 Å². The van der Waals surface area contributed by atoms with Crippen molar-refractivity contribution < 1.29 is 0 Å². The Kier molecular flexibility index (Phi) is 5.12. The van der Waals surface area contributed by atoms with Gasteiger partial charge in [0, 0.05) is 60.8 Å². The van der Waals surface area contributed by atoms with Gasteiger partial charge in [0.1, 0.15) is 10.8 Å². The molecule has 0 fully saturated rings. The standard InChI is InChI=1S/C25H21N7S/c1-2-18-7-12-32(16-21(18)19(3-1)24-28-11-13-33-24)25-30-22-15-27-10-6-20(22)23(31-25)29-14-17-4-8-26-9-5-17/h1-6,8-11,13,15H,7,12,14,16H2,(H,29,30,31). The lowest BCUT2D eigenvalue weighted by Gasteiger charge is -2.30. The van der Waals surface area contributed by atoms with Crippen molar-refractivity contribution in [2.75, 3.05) is 16.8 Å².